The fourth-order valence-electron chi connectivity index (χ4n) is 0.827. The Hall–Kier alpha value is -0.200. The maximum atomic E-state index is 9.07. The molecule has 3 atom stereocenters. The second kappa shape index (κ2) is 5.45. The number of hydrogen-bond donors (Lipinski definition) is 5. The molecule has 5 heteroatoms. The van der Waals surface area contributed by atoms with E-state index in [0.717, 1.165) is 0 Å². The second-order valence-electron chi connectivity index (χ2n) is 2.50. The molecule has 0 spiro atoms. The van der Waals surface area contributed by atoms with Gasteiger partial charge in [0, 0.05) is 13.1 Å². The lowest BCUT2D eigenvalue weighted by Gasteiger charge is -2.23. The molecule has 0 aliphatic rings. The minimum atomic E-state index is -1.05. The summed E-state index contributed by atoms with van der Waals surface area (Å²) in [6.45, 7) is 2.55. The molecule has 7 N–H and O–H groups in total. The Morgan fingerprint density at radius 1 is 1.45 bits per heavy atom. The highest BCUT2D eigenvalue weighted by atomic mass is 16.3. The second-order valence-corrected chi connectivity index (χ2v) is 2.50. The molecular weight excluding hydrogens is 146 g/mol. The summed E-state index contributed by atoms with van der Waals surface area (Å²) in [5.41, 5.74) is 10.4. The average molecular weight is 163 g/mol. The third kappa shape index (κ3) is 4.28. The molecule has 0 bridgehead atoms. The third-order valence-electron chi connectivity index (χ3n) is 1.41. The van der Waals surface area contributed by atoms with Crippen LogP contribution in [-0.4, -0.2) is 41.7 Å². The Kier molecular flexibility index (Phi) is 5.35. The Labute approximate surface area is 66.4 Å². The lowest BCUT2D eigenvalue weighted by Crippen LogP contribution is -2.52. The minimum absolute atomic E-state index is 0.454. The molecule has 0 amide bonds. The first kappa shape index (κ1) is 10.8. The molecule has 0 aliphatic heterocycles. The number of rotatable bonds is 5. The van der Waals surface area contributed by atoms with Gasteiger partial charge in [-0.15, -0.1) is 0 Å². The van der Waals surface area contributed by atoms with Crippen LogP contribution in [0.3, 0.4) is 0 Å². The van der Waals surface area contributed by atoms with Gasteiger partial charge in [0.25, 0.3) is 0 Å². The van der Waals surface area contributed by atoms with Gasteiger partial charge in [0.1, 0.15) is 6.23 Å². The van der Waals surface area contributed by atoms with E-state index in [0.29, 0.717) is 13.1 Å². The van der Waals surface area contributed by atoms with Crippen LogP contribution in [0.15, 0.2) is 0 Å². The number of aliphatic hydroxyl groups is 2. The van der Waals surface area contributed by atoms with Gasteiger partial charge in [-0.3, -0.25) is 0 Å². The SMILES string of the molecule is CC(O)C(NCCN)C(N)O. The monoisotopic (exact) mass is 163 g/mol. The normalized spacial score (nSPS) is 19.4. The standard InChI is InChI=1S/C6H17N3O2/c1-4(10)5(6(8)11)9-3-2-7/h4-6,9-11H,2-3,7-8H2,1H3. The van der Waals surface area contributed by atoms with Crippen molar-refractivity contribution in [3.8, 4) is 0 Å². The Balaban J connectivity index is 3.70. The third-order valence-corrected chi connectivity index (χ3v) is 1.41. The van der Waals surface area contributed by atoms with E-state index in [9.17, 15) is 0 Å². The van der Waals surface area contributed by atoms with Crippen molar-refractivity contribution in [2.45, 2.75) is 25.3 Å². The lowest BCUT2D eigenvalue weighted by molar-refractivity contribution is 0.0512. The summed E-state index contributed by atoms with van der Waals surface area (Å²) in [5.74, 6) is 0. The van der Waals surface area contributed by atoms with Gasteiger partial charge in [-0.2, -0.15) is 0 Å². The van der Waals surface area contributed by atoms with Crippen LogP contribution in [0.2, 0.25) is 0 Å². The summed E-state index contributed by atoms with van der Waals surface area (Å²) >= 11 is 0. The van der Waals surface area contributed by atoms with Crippen LogP contribution in [0, 0.1) is 0 Å². The van der Waals surface area contributed by atoms with Gasteiger partial charge >= 0.3 is 0 Å². The number of nitrogens with one attached hydrogen (secondary N) is 1. The zero-order valence-electron chi connectivity index (χ0n) is 6.70. The molecule has 0 radical (unpaired) electrons. The van der Waals surface area contributed by atoms with Crippen LogP contribution in [-0.2, 0) is 0 Å². The zero-order chi connectivity index (χ0) is 8.85. The molecule has 0 heterocycles. The van der Waals surface area contributed by atoms with Gasteiger partial charge in [0.05, 0.1) is 12.1 Å². The first-order valence-electron chi connectivity index (χ1n) is 3.64. The van der Waals surface area contributed by atoms with E-state index in [-0.39, 0.29) is 0 Å². The molecule has 0 aromatic rings. The molecule has 0 saturated heterocycles. The van der Waals surface area contributed by atoms with Crippen LogP contribution in [0.1, 0.15) is 6.92 Å². The highest BCUT2D eigenvalue weighted by Gasteiger charge is 2.19. The molecule has 11 heavy (non-hydrogen) atoms. The lowest BCUT2D eigenvalue weighted by atomic mass is 10.1. The molecule has 68 valence electrons. The maximum absolute atomic E-state index is 9.07. The van der Waals surface area contributed by atoms with Crippen molar-refractivity contribution in [2.75, 3.05) is 13.1 Å². The van der Waals surface area contributed by atoms with E-state index in [1.54, 1.807) is 6.92 Å². The van der Waals surface area contributed by atoms with Gasteiger partial charge < -0.3 is 27.0 Å². The van der Waals surface area contributed by atoms with Crippen LogP contribution >= 0.6 is 0 Å². The molecule has 0 saturated carbocycles. The summed E-state index contributed by atoms with van der Waals surface area (Å²) in [7, 11) is 0. The summed E-state index contributed by atoms with van der Waals surface area (Å²) < 4.78 is 0. The summed E-state index contributed by atoms with van der Waals surface area (Å²) in [6.07, 6.45) is -1.73. The number of aliphatic hydroxyl groups excluding tert-OH is 2. The van der Waals surface area contributed by atoms with Crippen molar-refractivity contribution in [3.05, 3.63) is 0 Å². The predicted octanol–water partition coefficient (Wildman–Crippen LogP) is -2.44. The highest BCUT2D eigenvalue weighted by Crippen LogP contribution is 1.93. The van der Waals surface area contributed by atoms with Crippen molar-refractivity contribution in [3.63, 3.8) is 0 Å². The quantitative estimate of drug-likeness (QED) is 0.290. The minimum Gasteiger partial charge on any atom is -0.392 e. The zero-order valence-corrected chi connectivity index (χ0v) is 6.70. The van der Waals surface area contributed by atoms with E-state index in [2.05, 4.69) is 5.32 Å². The Bertz CT molecular complexity index is 89.8. The molecule has 0 aliphatic carbocycles. The van der Waals surface area contributed by atoms with Gasteiger partial charge in [0.15, 0.2) is 0 Å². The summed E-state index contributed by atoms with van der Waals surface area (Å²) in [6, 6.07) is -0.501. The van der Waals surface area contributed by atoms with Crippen molar-refractivity contribution < 1.29 is 10.2 Å². The van der Waals surface area contributed by atoms with E-state index in [1.165, 1.54) is 0 Å². The van der Waals surface area contributed by atoms with E-state index < -0.39 is 18.4 Å². The highest BCUT2D eigenvalue weighted by molar-refractivity contribution is 4.76. The Morgan fingerprint density at radius 2 is 2.00 bits per heavy atom. The Morgan fingerprint density at radius 3 is 2.27 bits per heavy atom. The molecule has 5 nitrogen and oxygen atoms in total. The molecule has 0 aromatic carbocycles. The molecule has 0 aromatic heterocycles. The van der Waals surface area contributed by atoms with E-state index in [4.69, 9.17) is 21.7 Å². The first-order valence-corrected chi connectivity index (χ1v) is 3.64. The van der Waals surface area contributed by atoms with Crippen LogP contribution in [0.25, 0.3) is 0 Å². The maximum Gasteiger partial charge on any atom is 0.120 e. The summed E-state index contributed by atoms with van der Waals surface area (Å²) in [5, 5.41) is 20.8. The molecular formula is C6H17N3O2. The largest absolute Gasteiger partial charge is 0.392 e. The van der Waals surface area contributed by atoms with Crippen molar-refractivity contribution in [2.24, 2.45) is 11.5 Å². The first-order chi connectivity index (χ1) is 5.09. The fraction of sp³-hybridized carbons (Fsp3) is 1.00. The topological polar surface area (TPSA) is 105 Å². The van der Waals surface area contributed by atoms with Gasteiger partial charge in [0.2, 0.25) is 0 Å². The smallest absolute Gasteiger partial charge is 0.120 e. The van der Waals surface area contributed by atoms with Gasteiger partial charge in [-0.25, -0.2) is 0 Å². The molecule has 3 unspecified atom stereocenters. The van der Waals surface area contributed by atoms with Crippen LogP contribution < -0.4 is 16.8 Å². The average Bonchev–Trinajstić information content (AvgIpc) is 1.87. The van der Waals surface area contributed by atoms with Crippen molar-refractivity contribution in [1.29, 1.82) is 0 Å². The van der Waals surface area contributed by atoms with E-state index in [1.807, 2.05) is 0 Å². The van der Waals surface area contributed by atoms with Gasteiger partial charge in [-0.05, 0) is 6.92 Å². The fourth-order valence-corrected chi connectivity index (χ4v) is 0.827. The number of nitrogens with two attached hydrogens (primary N) is 2. The molecule has 0 rings (SSSR count). The van der Waals surface area contributed by atoms with Crippen LogP contribution in [0.4, 0.5) is 0 Å². The van der Waals surface area contributed by atoms with Gasteiger partial charge in [-0.1, -0.05) is 0 Å². The molecule has 0 fully saturated rings. The van der Waals surface area contributed by atoms with E-state index >= 15 is 0 Å². The van der Waals surface area contributed by atoms with Crippen molar-refractivity contribution in [1.82, 2.24) is 5.32 Å². The van der Waals surface area contributed by atoms with Crippen LogP contribution in [0.5, 0.6) is 0 Å². The summed E-state index contributed by atoms with van der Waals surface area (Å²) in [4.78, 5) is 0. The number of hydrogen-bond acceptors (Lipinski definition) is 5. The van der Waals surface area contributed by atoms with Crippen molar-refractivity contribution >= 4 is 0 Å². The predicted molar refractivity (Wildman–Crippen MR) is 42.7 cm³/mol.